The van der Waals surface area contributed by atoms with Gasteiger partial charge < -0.3 is 15.2 Å². The minimum Gasteiger partial charge on any atom is -0.507 e. The number of aromatic carboxylic acids is 1. The third-order valence-electron chi connectivity index (χ3n) is 4.90. The van der Waals surface area contributed by atoms with Gasteiger partial charge in [0.2, 0.25) is 0 Å². The molecule has 4 rings (SSSR count). The minimum atomic E-state index is -0.886. The van der Waals surface area contributed by atoms with Crippen LogP contribution in [0.1, 0.15) is 53.3 Å². The van der Waals surface area contributed by atoms with E-state index in [9.17, 15) is 15.0 Å². The molecule has 0 atom stereocenters. The molecule has 0 spiro atoms. The Morgan fingerprint density at radius 3 is 2.62 bits per heavy atom. The molecule has 2 heterocycles. The van der Waals surface area contributed by atoms with Crippen LogP contribution in [-0.4, -0.2) is 21.2 Å². The van der Waals surface area contributed by atoms with Crippen molar-refractivity contribution in [2.75, 3.05) is 0 Å². The fraction of sp³-hybridized carbons (Fsp3) is 0.316. The van der Waals surface area contributed by atoms with E-state index in [1.54, 1.807) is 12.1 Å². The predicted octanol–water partition coefficient (Wildman–Crippen LogP) is 5.35. The van der Waals surface area contributed by atoms with Gasteiger partial charge in [0.25, 0.3) is 0 Å². The van der Waals surface area contributed by atoms with E-state index in [0.717, 1.165) is 34.3 Å². The predicted molar refractivity (Wildman–Crippen MR) is 96.1 cm³/mol. The van der Waals surface area contributed by atoms with E-state index in [0.29, 0.717) is 10.8 Å². The summed E-state index contributed by atoms with van der Waals surface area (Å²) in [6.45, 7) is 0. The van der Waals surface area contributed by atoms with Gasteiger partial charge in [0.1, 0.15) is 10.6 Å². The fourth-order valence-corrected chi connectivity index (χ4v) is 4.87. The Hall–Kier alpha value is -2.27. The van der Waals surface area contributed by atoms with Crippen LogP contribution in [0.2, 0.25) is 0 Å². The number of phenols is 1. The standard InChI is InChI=1S/C19H19NO3S/c21-14-9-5-4-8-12(14)17-16(11-6-2-1-3-7-11)18-13(20-17)10-15(24-18)19(22)23/h4-5,8-11,20-21H,1-3,6-7H2,(H,22,23). The summed E-state index contributed by atoms with van der Waals surface area (Å²) in [7, 11) is 0. The first kappa shape index (κ1) is 15.3. The Bertz CT molecular complexity index is 903. The van der Waals surface area contributed by atoms with Crippen LogP contribution in [-0.2, 0) is 0 Å². The molecule has 124 valence electrons. The summed E-state index contributed by atoms with van der Waals surface area (Å²) >= 11 is 1.33. The maximum absolute atomic E-state index is 11.3. The molecule has 2 aromatic heterocycles. The van der Waals surface area contributed by atoms with Gasteiger partial charge in [0.15, 0.2) is 0 Å². The number of carboxylic acids is 1. The number of aromatic hydroxyl groups is 1. The Balaban J connectivity index is 1.93. The highest BCUT2D eigenvalue weighted by Crippen LogP contribution is 2.46. The van der Waals surface area contributed by atoms with Gasteiger partial charge in [-0.1, -0.05) is 31.4 Å². The molecule has 0 aliphatic heterocycles. The van der Waals surface area contributed by atoms with Crippen LogP contribution in [0.3, 0.4) is 0 Å². The zero-order chi connectivity index (χ0) is 16.7. The van der Waals surface area contributed by atoms with E-state index in [-0.39, 0.29) is 5.75 Å². The Kier molecular flexibility index (Phi) is 3.81. The molecule has 1 saturated carbocycles. The Morgan fingerprint density at radius 2 is 1.92 bits per heavy atom. The number of rotatable bonds is 3. The fourth-order valence-electron chi connectivity index (χ4n) is 3.78. The molecule has 1 aromatic carbocycles. The minimum absolute atomic E-state index is 0.252. The molecule has 0 amide bonds. The number of phenolic OH excluding ortho intramolecular Hbond substituents is 1. The molecular weight excluding hydrogens is 322 g/mol. The number of hydrogen-bond donors (Lipinski definition) is 3. The number of hydrogen-bond acceptors (Lipinski definition) is 3. The lowest BCUT2D eigenvalue weighted by atomic mass is 9.83. The first-order valence-electron chi connectivity index (χ1n) is 8.32. The van der Waals surface area contributed by atoms with Crippen molar-refractivity contribution in [1.29, 1.82) is 0 Å². The number of aromatic nitrogens is 1. The maximum atomic E-state index is 11.3. The van der Waals surface area contributed by atoms with Crippen molar-refractivity contribution in [2.24, 2.45) is 0 Å². The number of benzene rings is 1. The number of carbonyl (C=O) groups is 1. The van der Waals surface area contributed by atoms with Crippen molar-refractivity contribution in [3.05, 3.63) is 40.8 Å². The van der Waals surface area contributed by atoms with Gasteiger partial charge in [0, 0.05) is 5.56 Å². The van der Waals surface area contributed by atoms with Crippen LogP contribution < -0.4 is 0 Å². The van der Waals surface area contributed by atoms with E-state index >= 15 is 0 Å². The van der Waals surface area contributed by atoms with Crippen molar-refractivity contribution in [3.63, 3.8) is 0 Å². The van der Waals surface area contributed by atoms with Crippen molar-refractivity contribution in [2.45, 2.75) is 38.0 Å². The zero-order valence-corrected chi connectivity index (χ0v) is 14.0. The van der Waals surface area contributed by atoms with Crippen molar-refractivity contribution < 1.29 is 15.0 Å². The molecule has 1 fully saturated rings. The Labute approximate surface area is 143 Å². The van der Waals surface area contributed by atoms with E-state index < -0.39 is 5.97 Å². The maximum Gasteiger partial charge on any atom is 0.345 e. The average molecular weight is 341 g/mol. The number of nitrogens with one attached hydrogen (secondary N) is 1. The number of para-hydroxylation sites is 1. The van der Waals surface area contributed by atoms with Gasteiger partial charge in [-0.25, -0.2) is 4.79 Å². The third kappa shape index (κ3) is 2.49. The molecule has 5 heteroatoms. The number of fused-ring (bicyclic) bond motifs is 1. The van der Waals surface area contributed by atoms with Crippen LogP contribution in [0.15, 0.2) is 30.3 Å². The molecular formula is C19H19NO3S. The number of aromatic amines is 1. The van der Waals surface area contributed by atoms with Crippen LogP contribution in [0.25, 0.3) is 21.5 Å². The monoisotopic (exact) mass is 341 g/mol. The summed E-state index contributed by atoms with van der Waals surface area (Å²) in [5.74, 6) is -0.215. The smallest absolute Gasteiger partial charge is 0.345 e. The highest BCUT2D eigenvalue weighted by atomic mass is 32.1. The van der Waals surface area contributed by atoms with Gasteiger partial charge >= 0.3 is 5.97 Å². The second kappa shape index (κ2) is 5.98. The number of H-pyrrole nitrogens is 1. The van der Waals surface area contributed by atoms with Crippen molar-refractivity contribution in [3.8, 4) is 17.0 Å². The first-order chi connectivity index (χ1) is 11.6. The van der Waals surface area contributed by atoms with Crippen LogP contribution in [0, 0.1) is 0 Å². The SMILES string of the molecule is O=C(O)c1cc2[nH]c(-c3ccccc3O)c(C3CCCCC3)c2s1. The molecule has 0 saturated heterocycles. The van der Waals surface area contributed by atoms with Crippen LogP contribution in [0.5, 0.6) is 5.75 Å². The highest BCUT2D eigenvalue weighted by molar-refractivity contribution is 7.21. The second-order valence-electron chi connectivity index (χ2n) is 6.42. The van der Waals surface area contributed by atoms with Crippen molar-refractivity contribution >= 4 is 27.5 Å². The molecule has 0 radical (unpaired) electrons. The van der Waals surface area contributed by atoms with Gasteiger partial charge in [-0.15, -0.1) is 11.3 Å². The molecule has 4 nitrogen and oxygen atoms in total. The van der Waals surface area contributed by atoms with E-state index in [1.807, 2.05) is 18.2 Å². The lowest BCUT2D eigenvalue weighted by Gasteiger charge is -2.22. The molecule has 0 bridgehead atoms. The van der Waals surface area contributed by atoms with Gasteiger partial charge in [0.05, 0.1) is 15.9 Å². The average Bonchev–Trinajstić information content (AvgIpc) is 3.14. The number of thiophene rings is 1. The van der Waals surface area contributed by atoms with Crippen molar-refractivity contribution in [1.82, 2.24) is 4.98 Å². The molecule has 24 heavy (non-hydrogen) atoms. The summed E-state index contributed by atoms with van der Waals surface area (Å²) in [4.78, 5) is 15.1. The van der Waals surface area contributed by atoms with Gasteiger partial charge in [-0.2, -0.15) is 0 Å². The highest BCUT2D eigenvalue weighted by Gasteiger charge is 2.26. The summed E-state index contributed by atoms with van der Waals surface area (Å²) < 4.78 is 1.03. The van der Waals surface area contributed by atoms with Crippen LogP contribution >= 0.6 is 11.3 Å². The second-order valence-corrected chi connectivity index (χ2v) is 7.48. The first-order valence-corrected chi connectivity index (χ1v) is 9.14. The van der Waals surface area contributed by atoms with E-state index in [2.05, 4.69) is 4.98 Å². The van der Waals surface area contributed by atoms with E-state index in [1.165, 1.54) is 36.2 Å². The summed E-state index contributed by atoms with van der Waals surface area (Å²) in [6.07, 6.45) is 5.91. The Morgan fingerprint density at radius 1 is 1.17 bits per heavy atom. The normalized spacial score (nSPS) is 15.8. The van der Waals surface area contributed by atoms with E-state index in [4.69, 9.17) is 0 Å². The lowest BCUT2D eigenvalue weighted by molar-refractivity contribution is 0.0702. The topological polar surface area (TPSA) is 73.3 Å². The van der Waals surface area contributed by atoms with Gasteiger partial charge in [-0.3, -0.25) is 0 Å². The summed E-state index contributed by atoms with van der Waals surface area (Å²) in [6, 6.07) is 9.04. The zero-order valence-electron chi connectivity index (χ0n) is 13.2. The molecule has 3 N–H and O–H groups in total. The third-order valence-corrected chi connectivity index (χ3v) is 6.06. The lowest BCUT2D eigenvalue weighted by Crippen LogP contribution is -2.05. The molecule has 1 aliphatic rings. The molecule has 0 unspecified atom stereocenters. The summed E-state index contributed by atoms with van der Waals surface area (Å²) in [5, 5.41) is 19.6. The largest absolute Gasteiger partial charge is 0.507 e. The molecule has 3 aromatic rings. The van der Waals surface area contributed by atoms with Crippen LogP contribution in [0.4, 0.5) is 0 Å². The quantitative estimate of drug-likeness (QED) is 0.601. The molecule has 1 aliphatic carbocycles. The summed E-state index contributed by atoms with van der Waals surface area (Å²) in [5.41, 5.74) is 3.77. The number of carboxylic acid groups (broad SMARTS) is 1. The van der Waals surface area contributed by atoms with Gasteiger partial charge in [-0.05, 0) is 42.5 Å².